The fourth-order valence-corrected chi connectivity index (χ4v) is 3.94. The average molecular weight is 306 g/mol. The highest BCUT2D eigenvalue weighted by Gasteiger charge is 2.47. The van der Waals surface area contributed by atoms with Gasteiger partial charge in [-0.1, -0.05) is 19.9 Å². The lowest BCUT2D eigenvalue weighted by Gasteiger charge is -2.35. The predicted molar refractivity (Wildman–Crippen MR) is 79.6 cm³/mol. The molecule has 0 fully saturated rings. The van der Waals surface area contributed by atoms with Crippen molar-refractivity contribution in [1.82, 2.24) is 15.0 Å². The van der Waals surface area contributed by atoms with Gasteiger partial charge in [-0.25, -0.2) is 23.5 Å². The molecule has 7 heteroatoms. The quantitative estimate of drug-likeness (QED) is 0.896. The molecular formula is C14H18N4O2S. The molecule has 112 valence electrons. The summed E-state index contributed by atoms with van der Waals surface area (Å²) in [6, 6.07) is 5.10. The lowest BCUT2D eigenvalue weighted by molar-refractivity contribution is 0.399. The molecule has 0 bridgehead atoms. The first-order valence-electron chi connectivity index (χ1n) is 6.56. The van der Waals surface area contributed by atoms with E-state index in [4.69, 9.17) is 5.14 Å². The summed E-state index contributed by atoms with van der Waals surface area (Å²) >= 11 is 0. The van der Waals surface area contributed by atoms with Crippen molar-refractivity contribution in [3.8, 4) is 0 Å². The van der Waals surface area contributed by atoms with E-state index in [0.717, 1.165) is 0 Å². The molecule has 0 aliphatic carbocycles. The number of sulfonamides is 1. The molecule has 0 aromatic carbocycles. The number of primary sulfonamides is 1. The van der Waals surface area contributed by atoms with E-state index in [1.807, 2.05) is 13.8 Å². The molecule has 0 aliphatic heterocycles. The van der Waals surface area contributed by atoms with E-state index in [9.17, 15) is 8.42 Å². The Morgan fingerprint density at radius 2 is 1.86 bits per heavy atom. The van der Waals surface area contributed by atoms with E-state index in [0.29, 0.717) is 11.4 Å². The standard InChI is InChI=1S/C14H18N4O2S/c1-11(2)14(21(15,19)20,12-5-3-6-16-10-12)9-13-17-7-4-8-18-13/h3-8,10-11H,9H2,1-2H3,(H2,15,19,20). The van der Waals surface area contributed by atoms with Gasteiger partial charge in [0, 0.05) is 31.2 Å². The molecule has 1 atom stereocenters. The first-order chi connectivity index (χ1) is 9.88. The van der Waals surface area contributed by atoms with Gasteiger partial charge in [0.2, 0.25) is 10.0 Å². The van der Waals surface area contributed by atoms with Crippen molar-refractivity contribution in [3.05, 3.63) is 54.4 Å². The summed E-state index contributed by atoms with van der Waals surface area (Å²) in [5, 5.41) is 5.58. The highest BCUT2D eigenvalue weighted by Crippen LogP contribution is 2.38. The Labute approximate surface area is 124 Å². The summed E-state index contributed by atoms with van der Waals surface area (Å²) in [6.45, 7) is 3.64. The molecule has 0 radical (unpaired) electrons. The zero-order valence-corrected chi connectivity index (χ0v) is 12.8. The van der Waals surface area contributed by atoms with E-state index >= 15 is 0 Å². The summed E-state index contributed by atoms with van der Waals surface area (Å²) in [5.41, 5.74) is 0.551. The topological polar surface area (TPSA) is 98.8 Å². The Kier molecular flexibility index (Phi) is 4.34. The van der Waals surface area contributed by atoms with E-state index < -0.39 is 14.8 Å². The third kappa shape index (κ3) is 2.93. The zero-order valence-electron chi connectivity index (χ0n) is 12.0. The van der Waals surface area contributed by atoms with Crippen LogP contribution in [0.15, 0.2) is 43.0 Å². The van der Waals surface area contributed by atoms with Gasteiger partial charge >= 0.3 is 0 Å². The third-order valence-corrected chi connectivity index (χ3v) is 5.50. The van der Waals surface area contributed by atoms with Crippen LogP contribution < -0.4 is 5.14 Å². The van der Waals surface area contributed by atoms with Crippen LogP contribution >= 0.6 is 0 Å². The maximum absolute atomic E-state index is 12.4. The molecule has 2 aromatic rings. The minimum atomic E-state index is -3.90. The van der Waals surface area contributed by atoms with Crippen LogP contribution in [-0.4, -0.2) is 23.4 Å². The van der Waals surface area contributed by atoms with Gasteiger partial charge in [-0.3, -0.25) is 4.98 Å². The zero-order chi connectivity index (χ0) is 15.5. The minimum absolute atomic E-state index is 0.107. The second-order valence-corrected chi connectivity index (χ2v) is 6.99. The Hall–Kier alpha value is -1.86. The van der Waals surface area contributed by atoms with Crippen LogP contribution in [0.5, 0.6) is 0 Å². The molecule has 6 nitrogen and oxygen atoms in total. The number of hydrogen-bond donors (Lipinski definition) is 1. The minimum Gasteiger partial charge on any atom is -0.264 e. The summed E-state index contributed by atoms with van der Waals surface area (Å²) < 4.78 is 23.5. The molecule has 0 spiro atoms. The number of hydrogen-bond acceptors (Lipinski definition) is 5. The molecule has 2 heterocycles. The van der Waals surface area contributed by atoms with Crippen molar-refractivity contribution >= 4 is 10.0 Å². The second kappa shape index (κ2) is 5.87. The van der Waals surface area contributed by atoms with E-state index in [1.54, 1.807) is 36.8 Å². The maximum Gasteiger partial charge on any atom is 0.219 e. The van der Waals surface area contributed by atoms with Crippen LogP contribution in [0.25, 0.3) is 0 Å². The molecule has 21 heavy (non-hydrogen) atoms. The Morgan fingerprint density at radius 1 is 1.19 bits per heavy atom. The lowest BCUT2D eigenvalue weighted by Crippen LogP contribution is -2.47. The monoisotopic (exact) mass is 306 g/mol. The Morgan fingerprint density at radius 3 is 2.33 bits per heavy atom. The predicted octanol–water partition coefficient (Wildman–Crippen LogP) is 1.25. The van der Waals surface area contributed by atoms with Crippen LogP contribution in [0.3, 0.4) is 0 Å². The highest BCUT2D eigenvalue weighted by atomic mass is 32.2. The van der Waals surface area contributed by atoms with Crippen LogP contribution in [0.2, 0.25) is 0 Å². The van der Waals surface area contributed by atoms with Gasteiger partial charge < -0.3 is 0 Å². The average Bonchev–Trinajstić information content (AvgIpc) is 2.45. The SMILES string of the molecule is CC(C)C(Cc1ncccn1)(c1cccnc1)S(N)(=O)=O. The molecular weight excluding hydrogens is 288 g/mol. The lowest BCUT2D eigenvalue weighted by atomic mass is 9.85. The van der Waals surface area contributed by atoms with Gasteiger partial charge in [0.1, 0.15) is 10.6 Å². The highest BCUT2D eigenvalue weighted by molar-refractivity contribution is 7.90. The summed E-state index contributed by atoms with van der Waals surface area (Å²) in [5.74, 6) is 0.171. The van der Waals surface area contributed by atoms with Crippen molar-refractivity contribution in [2.75, 3.05) is 0 Å². The number of pyridine rings is 1. The Bertz CT molecular complexity index is 689. The van der Waals surface area contributed by atoms with Crippen molar-refractivity contribution in [1.29, 1.82) is 0 Å². The van der Waals surface area contributed by atoms with E-state index in [-0.39, 0.29) is 12.3 Å². The van der Waals surface area contributed by atoms with Gasteiger partial charge in [-0.2, -0.15) is 0 Å². The largest absolute Gasteiger partial charge is 0.264 e. The van der Waals surface area contributed by atoms with Gasteiger partial charge in [0.15, 0.2) is 0 Å². The number of nitrogens with zero attached hydrogens (tertiary/aromatic N) is 3. The smallest absolute Gasteiger partial charge is 0.219 e. The summed E-state index contributed by atoms with van der Waals surface area (Å²) in [6.07, 6.45) is 6.40. The van der Waals surface area contributed by atoms with Gasteiger partial charge in [-0.05, 0) is 23.6 Å². The van der Waals surface area contributed by atoms with Crippen LogP contribution in [0.4, 0.5) is 0 Å². The second-order valence-electron chi connectivity index (χ2n) is 5.17. The van der Waals surface area contributed by atoms with Crippen molar-refractivity contribution in [2.45, 2.75) is 25.0 Å². The first-order valence-corrected chi connectivity index (χ1v) is 8.11. The molecule has 2 aromatic heterocycles. The normalized spacial score (nSPS) is 14.9. The Balaban J connectivity index is 2.64. The van der Waals surface area contributed by atoms with E-state index in [2.05, 4.69) is 15.0 Å². The van der Waals surface area contributed by atoms with Crippen molar-refractivity contribution in [2.24, 2.45) is 11.1 Å². The summed E-state index contributed by atoms with van der Waals surface area (Å²) in [7, 11) is -3.90. The first kappa shape index (κ1) is 15.5. The number of aromatic nitrogens is 3. The molecule has 0 aliphatic rings. The molecule has 0 amide bonds. The van der Waals surface area contributed by atoms with Crippen LogP contribution in [0, 0.1) is 5.92 Å². The molecule has 2 rings (SSSR count). The van der Waals surface area contributed by atoms with Crippen LogP contribution in [0.1, 0.15) is 25.2 Å². The molecule has 0 saturated carbocycles. The van der Waals surface area contributed by atoms with Crippen LogP contribution in [-0.2, 0) is 21.2 Å². The van der Waals surface area contributed by atoms with E-state index in [1.165, 1.54) is 6.20 Å². The fourth-order valence-electron chi connectivity index (χ4n) is 2.50. The van der Waals surface area contributed by atoms with Gasteiger partial charge in [0.05, 0.1) is 0 Å². The van der Waals surface area contributed by atoms with Gasteiger partial charge in [0.25, 0.3) is 0 Å². The van der Waals surface area contributed by atoms with Gasteiger partial charge in [-0.15, -0.1) is 0 Å². The number of rotatable bonds is 5. The molecule has 2 N–H and O–H groups in total. The maximum atomic E-state index is 12.4. The fraction of sp³-hybridized carbons (Fsp3) is 0.357. The number of nitrogens with two attached hydrogens (primary N) is 1. The molecule has 1 unspecified atom stereocenters. The third-order valence-electron chi connectivity index (χ3n) is 3.63. The van der Waals surface area contributed by atoms with Crippen molar-refractivity contribution < 1.29 is 8.42 Å². The summed E-state index contributed by atoms with van der Waals surface area (Å²) in [4.78, 5) is 12.3. The van der Waals surface area contributed by atoms with Crippen molar-refractivity contribution in [3.63, 3.8) is 0 Å². The molecule has 0 saturated heterocycles.